The van der Waals surface area contributed by atoms with Crippen LogP contribution < -0.4 is 15.1 Å². The molecular formula is C17H27N3. The first-order valence-corrected chi connectivity index (χ1v) is 8.20. The van der Waals surface area contributed by atoms with Crippen molar-refractivity contribution in [1.82, 2.24) is 5.32 Å². The number of rotatable bonds is 3. The van der Waals surface area contributed by atoms with Gasteiger partial charge in [-0.2, -0.15) is 0 Å². The van der Waals surface area contributed by atoms with Crippen LogP contribution in [0.15, 0.2) is 24.3 Å². The van der Waals surface area contributed by atoms with Crippen LogP contribution in [0.2, 0.25) is 0 Å². The van der Waals surface area contributed by atoms with Crippen molar-refractivity contribution in [3.63, 3.8) is 0 Å². The first-order chi connectivity index (χ1) is 9.86. The molecule has 2 aliphatic rings. The van der Waals surface area contributed by atoms with Gasteiger partial charge in [-0.3, -0.25) is 0 Å². The van der Waals surface area contributed by atoms with Crippen LogP contribution in [0, 0.1) is 0 Å². The monoisotopic (exact) mass is 273 g/mol. The molecule has 1 atom stereocenters. The van der Waals surface area contributed by atoms with Gasteiger partial charge in [0.1, 0.15) is 0 Å². The van der Waals surface area contributed by atoms with E-state index in [1.54, 1.807) is 0 Å². The van der Waals surface area contributed by atoms with E-state index in [0.717, 1.165) is 13.1 Å². The Morgan fingerprint density at radius 3 is 2.15 bits per heavy atom. The van der Waals surface area contributed by atoms with E-state index in [2.05, 4.69) is 46.3 Å². The van der Waals surface area contributed by atoms with Crippen molar-refractivity contribution in [1.29, 1.82) is 0 Å². The largest absolute Gasteiger partial charge is 0.372 e. The van der Waals surface area contributed by atoms with E-state index in [1.807, 2.05) is 0 Å². The van der Waals surface area contributed by atoms with E-state index in [4.69, 9.17) is 0 Å². The topological polar surface area (TPSA) is 18.5 Å². The Labute approximate surface area is 123 Å². The molecule has 20 heavy (non-hydrogen) atoms. The lowest BCUT2D eigenvalue weighted by molar-refractivity contribution is 0.510. The van der Waals surface area contributed by atoms with Gasteiger partial charge in [0.15, 0.2) is 0 Å². The SMILES string of the molecule is CCC1CCN(c2ccc(N3CCCC3)cc2)CCN1. The first-order valence-electron chi connectivity index (χ1n) is 8.20. The van der Waals surface area contributed by atoms with E-state index >= 15 is 0 Å². The van der Waals surface area contributed by atoms with Crippen molar-refractivity contribution >= 4 is 11.4 Å². The second kappa shape index (κ2) is 6.49. The van der Waals surface area contributed by atoms with E-state index in [9.17, 15) is 0 Å². The maximum absolute atomic E-state index is 3.64. The Hall–Kier alpha value is -1.22. The molecule has 1 unspecified atom stereocenters. The molecule has 0 aliphatic carbocycles. The maximum atomic E-state index is 3.64. The van der Waals surface area contributed by atoms with E-state index < -0.39 is 0 Å². The number of nitrogens with one attached hydrogen (secondary N) is 1. The zero-order valence-electron chi connectivity index (χ0n) is 12.6. The van der Waals surface area contributed by atoms with Crippen molar-refractivity contribution in [3.8, 4) is 0 Å². The van der Waals surface area contributed by atoms with Gasteiger partial charge in [-0.05, 0) is 49.9 Å². The van der Waals surface area contributed by atoms with Crippen LogP contribution in [-0.2, 0) is 0 Å². The highest BCUT2D eigenvalue weighted by molar-refractivity contribution is 5.56. The minimum Gasteiger partial charge on any atom is -0.372 e. The molecule has 0 saturated carbocycles. The normalized spacial score (nSPS) is 23.9. The molecule has 3 nitrogen and oxygen atoms in total. The van der Waals surface area contributed by atoms with Gasteiger partial charge in [0, 0.05) is 50.1 Å². The smallest absolute Gasteiger partial charge is 0.0368 e. The third-order valence-electron chi connectivity index (χ3n) is 4.74. The minimum atomic E-state index is 0.698. The average molecular weight is 273 g/mol. The van der Waals surface area contributed by atoms with Crippen LogP contribution >= 0.6 is 0 Å². The summed E-state index contributed by atoms with van der Waals surface area (Å²) in [5.41, 5.74) is 2.78. The highest BCUT2D eigenvalue weighted by Crippen LogP contribution is 2.24. The van der Waals surface area contributed by atoms with Gasteiger partial charge in [-0.15, -0.1) is 0 Å². The first kappa shape index (κ1) is 13.7. The van der Waals surface area contributed by atoms with Gasteiger partial charge in [-0.1, -0.05) is 6.92 Å². The second-order valence-electron chi connectivity index (χ2n) is 6.05. The van der Waals surface area contributed by atoms with Gasteiger partial charge in [0.2, 0.25) is 0 Å². The van der Waals surface area contributed by atoms with Crippen LogP contribution in [0.3, 0.4) is 0 Å². The third kappa shape index (κ3) is 3.09. The fourth-order valence-electron chi connectivity index (χ4n) is 3.39. The number of hydrogen-bond donors (Lipinski definition) is 1. The predicted octanol–water partition coefficient (Wildman–Crippen LogP) is 2.87. The van der Waals surface area contributed by atoms with E-state index in [1.165, 1.54) is 56.7 Å². The molecule has 3 heteroatoms. The minimum absolute atomic E-state index is 0.698. The zero-order valence-corrected chi connectivity index (χ0v) is 12.6. The zero-order chi connectivity index (χ0) is 13.8. The Morgan fingerprint density at radius 1 is 0.950 bits per heavy atom. The summed E-state index contributed by atoms with van der Waals surface area (Å²) in [5, 5.41) is 3.64. The molecule has 1 N–H and O–H groups in total. The summed E-state index contributed by atoms with van der Waals surface area (Å²) in [6.07, 6.45) is 5.18. The molecule has 1 aromatic rings. The quantitative estimate of drug-likeness (QED) is 0.913. The number of nitrogens with zero attached hydrogens (tertiary/aromatic N) is 2. The highest BCUT2D eigenvalue weighted by Gasteiger charge is 2.16. The summed E-state index contributed by atoms with van der Waals surface area (Å²) in [6.45, 7) is 8.13. The van der Waals surface area contributed by atoms with Crippen LogP contribution in [0.5, 0.6) is 0 Å². The van der Waals surface area contributed by atoms with Crippen molar-refractivity contribution in [2.75, 3.05) is 42.5 Å². The molecule has 0 aromatic heterocycles. The van der Waals surface area contributed by atoms with Gasteiger partial charge < -0.3 is 15.1 Å². The number of anilines is 2. The maximum Gasteiger partial charge on any atom is 0.0368 e. The molecule has 1 aromatic carbocycles. The Bertz CT molecular complexity index is 409. The summed E-state index contributed by atoms with van der Waals surface area (Å²) in [5.74, 6) is 0. The molecule has 2 fully saturated rings. The highest BCUT2D eigenvalue weighted by atomic mass is 15.2. The summed E-state index contributed by atoms with van der Waals surface area (Å²) in [4.78, 5) is 5.03. The van der Waals surface area contributed by atoms with Gasteiger partial charge in [0.25, 0.3) is 0 Å². The van der Waals surface area contributed by atoms with Gasteiger partial charge >= 0.3 is 0 Å². The van der Waals surface area contributed by atoms with Crippen molar-refractivity contribution in [2.24, 2.45) is 0 Å². The summed E-state index contributed by atoms with van der Waals surface area (Å²) < 4.78 is 0. The Balaban J connectivity index is 1.64. The van der Waals surface area contributed by atoms with Crippen LogP contribution in [0.25, 0.3) is 0 Å². The van der Waals surface area contributed by atoms with Crippen molar-refractivity contribution < 1.29 is 0 Å². The van der Waals surface area contributed by atoms with Crippen LogP contribution in [0.1, 0.15) is 32.6 Å². The number of hydrogen-bond acceptors (Lipinski definition) is 3. The predicted molar refractivity (Wildman–Crippen MR) is 86.8 cm³/mol. The summed E-state index contributed by atoms with van der Waals surface area (Å²) in [6, 6.07) is 9.91. The Kier molecular flexibility index (Phi) is 4.46. The Morgan fingerprint density at radius 2 is 1.55 bits per heavy atom. The molecule has 3 rings (SSSR count). The summed E-state index contributed by atoms with van der Waals surface area (Å²) in [7, 11) is 0. The van der Waals surface area contributed by atoms with Crippen LogP contribution in [0.4, 0.5) is 11.4 Å². The lowest BCUT2D eigenvalue weighted by Gasteiger charge is -2.24. The molecule has 2 saturated heterocycles. The van der Waals surface area contributed by atoms with Crippen LogP contribution in [-0.4, -0.2) is 38.8 Å². The fraction of sp³-hybridized carbons (Fsp3) is 0.647. The van der Waals surface area contributed by atoms with Gasteiger partial charge in [0.05, 0.1) is 0 Å². The summed E-state index contributed by atoms with van der Waals surface area (Å²) >= 11 is 0. The molecule has 0 spiro atoms. The average Bonchev–Trinajstić information content (AvgIpc) is 2.92. The van der Waals surface area contributed by atoms with Crippen molar-refractivity contribution in [3.05, 3.63) is 24.3 Å². The third-order valence-corrected chi connectivity index (χ3v) is 4.74. The molecule has 110 valence electrons. The fourth-order valence-corrected chi connectivity index (χ4v) is 3.39. The van der Waals surface area contributed by atoms with Gasteiger partial charge in [-0.25, -0.2) is 0 Å². The molecular weight excluding hydrogens is 246 g/mol. The van der Waals surface area contributed by atoms with E-state index in [-0.39, 0.29) is 0 Å². The standard InChI is InChI=1S/C17H27N3/c1-2-15-9-13-20(14-10-18-15)17-7-5-16(6-8-17)19-11-3-4-12-19/h5-8,15,18H,2-4,9-14H2,1H3. The molecule has 0 amide bonds. The lowest BCUT2D eigenvalue weighted by atomic mass is 10.1. The van der Waals surface area contributed by atoms with E-state index in [0.29, 0.717) is 6.04 Å². The lowest BCUT2D eigenvalue weighted by Crippen LogP contribution is -2.30. The second-order valence-corrected chi connectivity index (χ2v) is 6.05. The molecule has 2 heterocycles. The number of benzene rings is 1. The molecule has 2 aliphatic heterocycles. The molecule has 0 radical (unpaired) electrons. The van der Waals surface area contributed by atoms with Crippen molar-refractivity contribution in [2.45, 2.75) is 38.6 Å². The molecule has 0 bridgehead atoms.